The van der Waals surface area contributed by atoms with Gasteiger partial charge in [-0.15, -0.1) is 0 Å². The molecule has 0 aliphatic rings. The van der Waals surface area contributed by atoms with E-state index in [0.29, 0.717) is 6.04 Å². The molecule has 0 bridgehead atoms. The summed E-state index contributed by atoms with van der Waals surface area (Å²) in [5.74, 6) is 0. The van der Waals surface area contributed by atoms with E-state index in [0.717, 1.165) is 19.6 Å². The molecule has 1 atom stereocenters. The van der Waals surface area contributed by atoms with Gasteiger partial charge in [0.05, 0.1) is 11.9 Å². The van der Waals surface area contributed by atoms with Gasteiger partial charge in [0.2, 0.25) is 0 Å². The van der Waals surface area contributed by atoms with E-state index in [1.165, 1.54) is 36.9 Å². The van der Waals surface area contributed by atoms with Crippen LogP contribution < -0.4 is 10.2 Å². The quantitative estimate of drug-likeness (QED) is 0.656. The fourth-order valence-electron chi connectivity index (χ4n) is 2.35. The second-order valence-corrected chi connectivity index (χ2v) is 5.49. The molecule has 0 amide bonds. The molecule has 1 heterocycles. The maximum atomic E-state index is 4.35. The summed E-state index contributed by atoms with van der Waals surface area (Å²) in [6, 6.07) is 2.72. The largest absolute Gasteiger partial charge is 0.367 e. The van der Waals surface area contributed by atoms with Gasteiger partial charge in [0, 0.05) is 25.3 Å². The number of hydrogen-bond donors (Lipinski definition) is 1. The summed E-state index contributed by atoms with van der Waals surface area (Å²) >= 11 is 0. The number of aromatic nitrogens is 1. The van der Waals surface area contributed by atoms with Crippen LogP contribution in [0.4, 0.5) is 5.69 Å². The van der Waals surface area contributed by atoms with Crippen LogP contribution in [-0.2, 0) is 6.54 Å². The molecule has 0 aliphatic heterocycles. The lowest BCUT2D eigenvalue weighted by Gasteiger charge is -2.32. The smallest absolute Gasteiger partial charge is 0.0600 e. The topological polar surface area (TPSA) is 28.2 Å². The van der Waals surface area contributed by atoms with Crippen LogP contribution in [0.1, 0.15) is 58.9 Å². The van der Waals surface area contributed by atoms with Gasteiger partial charge in [0.25, 0.3) is 0 Å². The number of anilines is 1. The second kappa shape index (κ2) is 9.76. The van der Waals surface area contributed by atoms with Crippen molar-refractivity contribution < 1.29 is 0 Å². The highest BCUT2D eigenvalue weighted by atomic mass is 15.2. The predicted octanol–water partition coefficient (Wildman–Crippen LogP) is 3.99. The van der Waals surface area contributed by atoms with Gasteiger partial charge in [-0.05, 0) is 44.4 Å². The Labute approximate surface area is 124 Å². The lowest BCUT2D eigenvalue weighted by Crippen LogP contribution is -2.34. The third-order valence-electron chi connectivity index (χ3n) is 3.81. The van der Waals surface area contributed by atoms with E-state index in [9.17, 15) is 0 Å². The summed E-state index contributed by atoms with van der Waals surface area (Å²) in [6.45, 7) is 12.2. The summed E-state index contributed by atoms with van der Waals surface area (Å²) < 4.78 is 0. The number of unbranched alkanes of at least 4 members (excludes halogenated alkanes) is 1. The number of hydrogen-bond acceptors (Lipinski definition) is 3. The zero-order valence-corrected chi connectivity index (χ0v) is 13.7. The molecule has 0 aromatic carbocycles. The van der Waals surface area contributed by atoms with Crippen LogP contribution in [0.25, 0.3) is 0 Å². The lowest BCUT2D eigenvalue weighted by atomic mass is 10.1. The van der Waals surface area contributed by atoms with Crippen LogP contribution >= 0.6 is 0 Å². The van der Waals surface area contributed by atoms with Crippen LogP contribution in [0.5, 0.6) is 0 Å². The zero-order valence-electron chi connectivity index (χ0n) is 13.7. The molecule has 0 spiro atoms. The maximum Gasteiger partial charge on any atom is 0.0600 e. The van der Waals surface area contributed by atoms with Gasteiger partial charge in [-0.25, -0.2) is 0 Å². The van der Waals surface area contributed by atoms with Crippen molar-refractivity contribution in [3.63, 3.8) is 0 Å². The monoisotopic (exact) mass is 277 g/mol. The molecule has 0 saturated carbocycles. The molecular weight excluding hydrogens is 246 g/mol. The summed E-state index contributed by atoms with van der Waals surface area (Å²) in [6.07, 6.45) is 8.75. The second-order valence-electron chi connectivity index (χ2n) is 5.49. The molecule has 1 rings (SSSR count). The van der Waals surface area contributed by atoms with E-state index in [1.54, 1.807) is 0 Å². The fraction of sp³-hybridized carbons (Fsp3) is 0.706. The van der Waals surface area contributed by atoms with E-state index in [-0.39, 0.29) is 0 Å². The van der Waals surface area contributed by atoms with Crippen molar-refractivity contribution in [2.24, 2.45) is 0 Å². The van der Waals surface area contributed by atoms with Gasteiger partial charge >= 0.3 is 0 Å². The molecule has 0 fully saturated rings. The van der Waals surface area contributed by atoms with Crippen LogP contribution in [-0.4, -0.2) is 24.1 Å². The van der Waals surface area contributed by atoms with Crippen molar-refractivity contribution >= 4 is 5.69 Å². The van der Waals surface area contributed by atoms with Gasteiger partial charge in [-0.2, -0.15) is 0 Å². The Morgan fingerprint density at radius 1 is 1.25 bits per heavy atom. The molecule has 0 saturated heterocycles. The van der Waals surface area contributed by atoms with Gasteiger partial charge in [-0.3, -0.25) is 4.98 Å². The Morgan fingerprint density at radius 3 is 2.70 bits per heavy atom. The molecule has 0 aliphatic carbocycles. The fourth-order valence-corrected chi connectivity index (χ4v) is 2.35. The first-order chi connectivity index (χ1) is 9.74. The van der Waals surface area contributed by atoms with Gasteiger partial charge in [-0.1, -0.05) is 27.2 Å². The van der Waals surface area contributed by atoms with E-state index in [2.05, 4.69) is 49.0 Å². The maximum absolute atomic E-state index is 4.35. The number of nitrogens with one attached hydrogen (secondary N) is 1. The molecular formula is C17H31N3. The molecule has 3 nitrogen and oxygen atoms in total. The van der Waals surface area contributed by atoms with E-state index in [4.69, 9.17) is 0 Å². The number of rotatable bonds is 10. The molecule has 0 radical (unpaired) electrons. The highest BCUT2D eigenvalue weighted by molar-refractivity contribution is 5.52. The molecule has 114 valence electrons. The Balaban J connectivity index is 2.87. The van der Waals surface area contributed by atoms with Gasteiger partial charge < -0.3 is 10.2 Å². The van der Waals surface area contributed by atoms with Crippen molar-refractivity contribution in [2.75, 3.05) is 18.0 Å². The molecule has 1 aromatic rings. The van der Waals surface area contributed by atoms with Gasteiger partial charge in [0.15, 0.2) is 0 Å². The zero-order chi connectivity index (χ0) is 14.8. The first kappa shape index (κ1) is 17.0. The van der Waals surface area contributed by atoms with Crippen molar-refractivity contribution in [3.8, 4) is 0 Å². The van der Waals surface area contributed by atoms with Crippen LogP contribution in [0, 0.1) is 0 Å². The Morgan fingerprint density at radius 2 is 2.05 bits per heavy atom. The minimum absolute atomic E-state index is 0.565. The van der Waals surface area contributed by atoms with Crippen molar-refractivity contribution in [3.05, 3.63) is 24.0 Å². The van der Waals surface area contributed by atoms with Crippen LogP contribution in [0.15, 0.2) is 18.5 Å². The van der Waals surface area contributed by atoms with E-state index >= 15 is 0 Å². The van der Waals surface area contributed by atoms with E-state index < -0.39 is 0 Å². The standard InChI is InChI=1S/C17H31N3/c1-5-8-12-20(15(4)7-3)17-14-19-11-9-16(17)13-18-10-6-2/h9,11,14-15,18H,5-8,10,12-13H2,1-4H3. The van der Waals surface area contributed by atoms with Crippen LogP contribution in [0.3, 0.4) is 0 Å². The van der Waals surface area contributed by atoms with Crippen molar-refractivity contribution in [1.82, 2.24) is 10.3 Å². The number of pyridine rings is 1. The van der Waals surface area contributed by atoms with E-state index in [1.807, 2.05) is 12.4 Å². The Bertz CT molecular complexity index is 365. The minimum atomic E-state index is 0.565. The first-order valence-electron chi connectivity index (χ1n) is 8.14. The summed E-state index contributed by atoms with van der Waals surface area (Å²) in [4.78, 5) is 6.88. The van der Waals surface area contributed by atoms with Crippen molar-refractivity contribution in [2.45, 2.75) is 66.0 Å². The average Bonchev–Trinajstić information content (AvgIpc) is 2.49. The third-order valence-corrected chi connectivity index (χ3v) is 3.81. The predicted molar refractivity (Wildman–Crippen MR) is 88.2 cm³/mol. The first-order valence-corrected chi connectivity index (χ1v) is 8.14. The molecule has 1 N–H and O–H groups in total. The Kier molecular flexibility index (Phi) is 8.28. The summed E-state index contributed by atoms with van der Waals surface area (Å²) in [7, 11) is 0. The minimum Gasteiger partial charge on any atom is -0.367 e. The van der Waals surface area contributed by atoms with Gasteiger partial charge in [0.1, 0.15) is 0 Å². The molecule has 1 aromatic heterocycles. The highest BCUT2D eigenvalue weighted by Crippen LogP contribution is 2.23. The van der Waals surface area contributed by atoms with Crippen LogP contribution in [0.2, 0.25) is 0 Å². The molecule has 20 heavy (non-hydrogen) atoms. The number of nitrogens with zero attached hydrogens (tertiary/aromatic N) is 2. The summed E-state index contributed by atoms with van der Waals surface area (Å²) in [5.41, 5.74) is 2.67. The Hall–Kier alpha value is -1.09. The average molecular weight is 277 g/mol. The SMILES string of the molecule is CCCCN(c1cnccc1CNCCC)C(C)CC. The van der Waals surface area contributed by atoms with Crippen molar-refractivity contribution in [1.29, 1.82) is 0 Å². The highest BCUT2D eigenvalue weighted by Gasteiger charge is 2.15. The summed E-state index contributed by atoms with van der Waals surface area (Å²) in [5, 5.41) is 3.51. The third kappa shape index (κ3) is 5.12. The molecule has 3 heteroatoms. The normalized spacial score (nSPS) is 12.4. The lowest BCUT2D eigenvalue weighted by molar-refractivity contribution is 0.589. The molecule has 1 unspecified atom stereocenters.